The SMILES string of the molecule is O=C(O)N1CCC(c2ccc(OCCCOC3CCCCC3)cc2)C(O)C1. The summed E-state index contributed by atoms with van der Waals surface area (Å²) in [7, 11) is 0. The lowest BCUT2D eigenvalue weighted by Gasteiger charge is -2.34. The highest BCUT2D eigenvalue weighted by molar-refractivity contribution is 5.65. The largest absolute Gasteiger partial charge is 0.494 e. The highest BCUT2D eigenvalue weighted by Crippen LogP contribution is 2.29. The van der Waals surface area contributed by atoms with Crippen LogP contribution in [0.25, 0.3) is 0 Å². The third-order valence-corrected chi connectivity index (χ3v) is 5.62. The number of aliphatic hydroxyl groups excluding tert-OH is 1. The molecular weight excluding hydrogens is 346 g/mol. The molecular formula is C21H31NO5. The van der Waals surface area contributed by atoms with E-state index in [1.807, 2.05) is 24.3 Å². The molecule has 27 heavy (non-hydrogen) atoms. The minimum absolute atomic E-state index is 0.0291. The summed E-state index contributed by atoms with van der Waals surface area (Å²) in [6.45, 7) is 2.00. The van der Waals surface area contributed by atoms with Gasteiger partial charge < -0.3 is 24.6 Å². The van der Waals surface area contributed by atoms with Gasteiger partial charge in [0.25, 0.3) is 0 Å². The maximum absolute atomic E-state index is 11.0. The van der Waals surface area contributed by atoms with E-state index in [0.717, 1.165) is 24.3 Å². The number of rotatable bonds is 7. The number of carboxylic acid groups (broad SMARTS) is 1. The number of aliphatic hydroxyl groups is 1. The van der Waals surface area contributed by atoms with Crippen molar-refractivity contribution in [2.45, 2.75) is 63.1 Å². The van der Waals surface area contributed by atoms with Gasteiger partial charge in [0.15, 0.2) is 0 Å². The Morgan fingerprint density at radius 2 is 1.81 bits per heavy atom. The average Bonchev–Trinajstić information content (AvgIpc) is 2.69. The van der Waals surface area contributed by atoms with Gasteiger partial charge in [0, 0.05) is 18.9 Å². The minimum Gasteiger partial charge on any atom is -0.494 e. The van der Waals surface area contributed by atoms with Crippen LogP contribution in [0.15, 0.2) is 24.3 Å². The van der Waals surface area contributed by atoms with E-state index in [2.05, 4.69) is 0 Å². The summed E-state index contributed by atoms with van der Waals surface area (Å²) in [5, 5.41) is 19.3. The van der Waals surface area contributed by atoms with Crippen LogP contribution in [0.4, 0.5) is 4.79 Å². The van der Waals surface area contributed by atoms with E-state index in [1.165, 1.54) is 37.0 Å². The number of carbonyl (C=O) groups is 1. The molecule has 1 aromatic carbocycles. The van der Waals surface area contributed by atoms with Gasteiger partial charge in [0.1, 0.15) is 5.75 Å². The first kappa shape index (κ1) is 20.0. The van der Waals surface area contributed by atoms with E-state index >= 15 is 0 Å². The topological polar surface area (TPSA) is 79.2 Å². The zero-order valence-corrected chi connectivity index (χ0v) is 15.9. The molecule has 1 saturated carbocycles. The fraction of sp³-hybridized carbons (Fsp3) is 0.667. The smallest absolute Gasteiger partial charge is 0.407 e. The summed E-state index contributed by atoms with van der Waals surface area (Å²) in [5.41, 5.74) is 1.03. The van der Waals surface area contributed by atoms with Crippen LogP contribution < -0.4 is 4.74 Å². The molecule has 1 saturated heterocycles. The fourth-order valence-corrected chi connectivity index (χ4v) is 4.04. The summed E-state index contributed by atoms with van der Waals surface area (Å²) < 4.78 is 11.7. The van der Waals surface area contributed by atoms with Gasteiger partial charge in [-0.25, -0.2) is 4.79 Å². The molecule has 6 nitrogen and oxygen atoms in total. The number of likely N-dealkylation sites (tertiary alicyclic amines) is 1. The Morgan fingerprint density at radius 1 is 1.07 bits per heavy atom. The van der Waals surface area contributed by atoms with E-state index in [4.69, 9.17) is 14.6 Å². The standard InChI is InChI=1S/C21H31NO5/c23-20-15-22(21(24)25)12-11-19(20)16-7-9-18(10-8-16)27-14-4-13-26-17-5-2-1-3-6-17/h7-10,17,19-20,23H,1-6,11-15H2,(H,24,25). The number of benzene rings is 1. The molecule has 1 heterocycles. The van der Waals surface area contributed by atoms with Crippen LogP contribution in [-0.4, -0.2) is 59.7 Å². The summed E-state index contributed by atoms with van der Waals surface area (Å²) in [4.78, 5) is 12.3. The summed E-state index contributed by atoms with van der Waals surface area (Å²) in [6, 6.07) is 7.79. The summed E-state index contributed by atoms with van der Waals surface area (Å²) in [6.07, 6.45) is 6.62. The minimum atomic E-state index is -0.969. The first-order chi connectivity index (χ1) is 13.1. The molecule has 150 valence electrons. The maximum Gasteiger partial charge on any atom is 0.407 e. The van der Waals surface area contributed by atoms with E-state index in [-0.39, 0.29) is 12.5 Å². The van der Waals surface area contributed by atoms with Gasteiger partial charge in [0.2, 0.25) is 0 Å². The lowest BCUT2D eigenvalue weighted by Crippen LogP contribution is -2.45. The van der Waals surface area contributed by atoms with Crippen molar-refractivity contribution < 1.29 is 24.5 Å². The van der Waals surface area contributed by atoms with Crippen LogP contribution in [0, 0.1) is 0 Å². The molecule has 1 aliphatic carbocycles. The van der Waals surface area contributed by atoms with Crippen LogP contribution in [0.3, 0.4) is 0 Å². The van der Waals surface area contributed by atoms with Crippen LogP contribution in [-0.2, 0) is 4.74 Å². The molecule has 6 heteroatoms. The molecule has 2 aliphatic rings. The number of β-amino-alcohol motifs (C(OH)–C–C–N with tert-alkyl or cyclic N) is 1. The number of piperidine rings is 1. The van der Waals surface area contributed by atoms with Crippen molar-refractivity contribution in [3.63, 3.8) is 0 Å². The molecule has 2 unspecified atom stereocenters. The second-order valence-corrected chi connectivity index (χ2v) is 7.59. The zero-order valence-electron chi connectivity index (χ0n) is 15.9. The third-order valence-electron chi connectivity index (χ3n) is 5.62. The Bertz CT molecular complexity index is 585. The number of nitrogens with zero attached hydrogens (tertiary/aromatic N) is 1. The number of ether oxygens (including phenoxy) is 2. The van der Waals surface area contributed by atoms with Crippen LogP contribution >= 0.6 is 0 Å². The van der Waals surface area contributed by atoms with Crippen LogP contribution in [0.1, 0.15) is 56.4 Å². The van der Waals surface area contributed by atoms with Crippen molar-refractivity contribution in [3.05, 3.63) is 29.8 Å². The highest BCUT2D eigenvalue weighted by atomic mass is 16.5. The Kier molecular flexibility index (Phi) is 7.35. The Hall–Kier alpha value is -1.79. The molecule has 3 rings (SSSR count). The highest BCUT2D eigenvalue weighted by Gasteiger charge is 2.30. The van der Waals surface area contributed by atoms with Gasteiger partial charge >= 0.3 is 6.09 Å². The van der Waals surface area contributed by atoms with Crippen molar-refractivity contribution >= 4 is 6.09 Å². The Morgan fingerprint density at radius 3 is 2.48 bits per heavy atom. The zero-order chi connectivity index (χ0) is 19.1. The first-order valence-corrected chi connectivity index (χ1v) is 10.1. The van der Waals surface area contributed by atoms with Gasteiger partial charge in [-0.3, -0.25) is 0 Å². The van der Waals surface area contributed by atoms with Crippen LogP contribution in [0.5, 0.6) is 5.75 Å². The normalized spacial score (nSPS) is 24.0. The number of hydrogen-bond acceptors (Lipinski definition) is 4. The van der Waals surface area contributed by atoms with E-state index in [0.29, 0.717) is 25.7 Å². The third kappa shape index (κ3) is 5.84. The second-order valence-electron chi connectivity index (χ2n) is 7.59. The van der Waals surface area contributed by atoms with Gasteiger partial charge in [0.05, 0.1) is 32.0 Å². The van der Waals surface area contributed by atoms with Crippen molar-refractivity contribution in [2.24, 2.45) is 0 Å². The fourth-order valence-electron chi connectivity index (χ4n) is 4.04. The van der Waals surface area contributed by atoms with Crippen molar-refractivity contribution in [1.82, 2.24) is 4.90 Å². The molecule has 2 fully saturated rings. The average molecular weight is 377 g/mol. The van der Waals surface area contributed by atoms with Crippen molar-refractivity contribution in [1.29, 1.82) is 0 Å². The monoisotopic (exact) mass is 377 g/mol. The van der Waals surface area contributed by atoms with Crippen molar-refractivity contribution in [3.8, 4) is 5.75 Å². The predicted octanol–water partition coefficient (Wildman–Crippen LogP) is 3.63. The molecule has 1 aromatic rings. The second kappa shape index (κ2) is 9.95. The molecule has 2 atom stereocenters. The number of hydrogen-bond donors (Lipinski definition) is 2. The van der Waals surface area contributed by atoms with E-state index in [9.17, 15) is 9.90 Å². The Labute approximate surface area is 161 Å². The molecule has 1 amide bonds. The predicted molar refractivity (Wildman–Crippen MR) is 102 cm³/mol. The van der Waals surface area contributed by atoms with Gasteiger partial charge in [-0.15, -0.1) is 0 Å². The van der Waals surface area contributed by atoms with Gasteiger partial charge in [-0.1, -0.05) is 31.4 Å². The molecule has 0 radical (unpaired) electrons. The molecule has 0 spiro atoms. The first-order valence-electron chi connectivity index (χ1n) is 10.1. The van der Waals surface area contributed by atoms with Gasteiger partial charge in [-0.2, -0.15) is 0 Å². The van der Waals surface area contributed by atoms with E-state index < -0.39 is 12.2 Å². The molecule has 0 bridgehead atoms. The summed E-state index contributed by atoms with van der Waals surface area (Å²) in [5.74, 6) is 0.785. The maximum atomic E-state index is 11.0. The lowest BCUT2D eigenvalue weighted by atomic mass is 9.87. The molecule has 0 aromatic heterocycles. The Balaban J connectivity index is 1.38. The quantitative estimate of drug-likeness (QED) is 0.710. The van der Waals surface area contributed by atoms with Gasteiger partial charge in [-0.05, 0) is 37.0 Å². The molecule has 1 aliphatic heterocycles. The lowest BCUT2D eigenvalue weighted by molar-refractivity contribution is 0.0226. The van der Waals surface area contributed by atoms with E-state index in [1.54, 1.807) is 0 Å². The molecule has 2 N–H and O–H groups in total. The van der Waals surface area contributed by atoms with Crippen molar-refractivity contribution in [2.75, 3.05) is 26.3 Å². The number of amides is 1. The summed E-state index contributed by atoms with van der Waals surface area (Å²) >= 11 is 0. The van der Waals surface area contributed by atoms with Crippen LogP contribution in [0.2, 0.25) is 0 Å².